The molecule has 2 nitrogen and oxygen atoms in total. The summed E-state index contributed by atoms with van der Waals surface area (Å²) in [5, 5.41) is 0.702. The Balaban J connectivity index is 2.37. The van der Waals surface area contributed by atoms with Crippen LogP contribution in [0.15, 0.2) is 16.6 Å². The van der Waals surface area contributed by atoms with E-state index in [1.807, 2.05) is 12.1 Å². The Morgan fingerprint density at radius 2 is 2.22 bits per heavy atom. The van der Waals surface area contributed by atoms with Gasteiger partial charge in [0.2, 0.25) is 0 Å². The maximum Gasteiger partial charge on any atom is 0.137 e. The van der Waals surface area contributed by atoms with E-state index >= 15 is 0 Å². The number of methoxy groups -OCH3 is 1. The summed E-state index contributed by atoms with van der Waals surface area (Å²) in [6.45, 7) is 2.93. The highest BCUT2D eigenvalue weighted by Crippen LogP contribution is 2.46. The van der Waals surface area contributed by atoms with Crippen molar-refractivity contribution in [1.29, 1.82) is 0 Å². The van der Waals surface area contributed by atoms with Crippen LogP contribution in [0.5, 0.6) is 5.75 Å². The molecule has 0 spiro atoms. The number of ether oxygens (including phenoxy) is 2. The highest BCUT2D eigenvalue weighted by atomic mass is 79.9. The lowest BCUT2D eigenvalue weighted by molar-refractivity contribution is 0.105. The fourth-order valence-corrected chi connectivity index (χ4v) is 4.39. The van der Waals surface area contributed by atoms with Crippen molar-refractivity contribution in [2.75, 3.05) is 13.7 Å². The first-order valence-electron chi connectivity index (χ1n) is 5.83. The second kappa shape index (κ2) is 6.12. The second-order valence-corrected chi connectivity index (χ2v) is 6.72. The maximum atomic E-state index is 6.13. The zero-order valence-corrected chi connectivity index (χ0v) is 14.2. The molecular weight excluding hydrogens is 383 g/mol. The van der Waals surface area contributed by atoms with Gasteiger partial charge in [-0.1, -0.05) is 27.5 Å². The predicted molar refractivity (Wildman–Crippen MR) is 80.9 cm³/mol. The number of hydrogen-bond donors (Lipinski definition) is 0. The Bertz CT molecular complexity index is 439. The molecule has 1 saturated heterocycles. The van der Waals surface area contributed by atoms with Crippen molar-refractivity contribution >= 4 is 43.5 Å². The van der Waals surface area contributed by atoms with Crippen molar-refractivity contribution in [3.63, 3.8) is 0 Å². The van der Waals surface area contributed by atoms with Crippen molar-refractivity contribution in [2.45, 2.75) is 24.3 Å². The molecule has 18 heavy (non-hydrogen) atoms. The maximum absolute atomic E-state index is 6.13. The van der Waals surface area contributed by atoms with E-state index in [9.17, 15) is 0 Å². The topological polar surface area (TPSA) is 18.5 Å². The van der Waals surface area contributed by atoms with E-state index < -0.39 is 0 Å². The Morgan fingerprint density at radius 3 is 2.78 bits per heavy atom. The average Bonchev–Trinajstić information content (AvgIpc) is 2.73. The molecule has 0 radical (unpaired) electrons. The molecule has 1 aliphatic rings. The molecule has 100 valence electrons. The van der Waals surface area contributed by atoms with Gasteiger partial charge in [0, 0.05) is 27.9 Å². The third-order valence-corrected chi connectivity index (χ3v) is 5.33. The normalized spacial score (nSPS) is 25.2. The molecule has 3 unspecified atom stereocenters. The lowest BCUT2D eigenvalue weighted by atomic mass is 9.93. The smallest absolute Gasteiger partial charge is 0.137 e. The van der Waals surface area contributed by atoms with Crippen molar-refractivity contribution in [2.24, 2.45) is 5.92 Å². The Labute approximate surface area is 129 Å². The van der Waals surface area contributed by atoms with Crippen LogP contribution in [0.25, 0.3) is 0 Å². The van der Waals surface area contributed by atoms with Gasteiger partial charge in [-0.2, -0.15) is 0 Å². The molecule has 0 saturated carbocycles. The summed E-state index contributed by atoms with van der Waals surface area (Å²) in [6, 6.07) is 3.80. The number of halogens is 3. The van der Waals surface area contributed by atoms with E-state index in [4.69, 9.17) is 21.1 Å². The van der Waals surface area contributed by atoms with Crippen LogP contribution in [-0.4, -0.2) is 19.8 Å². The summed E-state index contributed by atoms with van der Waals surface area (Å²) in [5.74, 6) is 1.27. The molecule has 1 aromatic carbocycles. The number of hydrogen-bond acceptors (Lipinski definition) is 2. The molecule has 3 atom stereocenters. The monoisotopic (exact) mass is 396 g/mol. The molecule has 1 fully saturated rings. The number of alkyl halides is 1. The van der Waals surface area contributed by atoms with E-state index in [1.54, 1.807) is 7.11 Å². The molecule has 0 bridgehead atoms. The van der Waals surface area contributed by atoms with Gasteiger partial charge < -0.3 is 9.47 Å². The van der Waals surface area contributed by atoms with Gasteiger partial charge in [-0.15, -0.1) is 0 Å². The van der Waals surface area contributed by atoms with Gasteiger partial charge >= 0.3 is 0 Å². The molecule has 0 amide bonds. The largest absolute Gasteiger partial charge is 0.495 e. The highest BCUT2D eigenvalue weighted by Gasteiger charge is 2.33. The third kappa shape index (κ3) is 2.87. The molecule has 0 aromatic heterocycles. The van der Waals surface area contributed by atoms with Gasteiger partial charge in [-0.25, -0.2) is 0 Å². The van der Waals surface area contributed by atoms with E-state index in [2.05, 4.69) is 38.8 Å². The fraction of sp³-hybridized carbons (Fsp3) is 0.538. The zero-order chi connectivity index (χ0) is 13.3. The van der Waals surface area contributed by atoms with Crippen LogP contribution in [0.2, 0.25) is 5.02 Å². The van der Waals surface area contributed by atoms with Crippen LogP contribution >= 0.6 is 43.5 Å². The minimum atomic E-state index is 0.181. The molecule has 2 rings (SSSR count). The summed E-state index contributed by atoms with van der Waals surface area (Å²) in [4.78, 5) is 0.181. The third-order valence-electron chi connectivity index (χ3n) is 3.35. The molecular formula is C13H15Br2ClO2. The van der Waals surface area contributed by atoms with Crippen LogP contribution in [0.1, 0.15) is 23.7 Å². The van der Waals surface area contributed by atoms with Crippen LogP contribution < -0.4 is 4.74 Å². The molecule has 1 aromatic rings. The second-order valence-electron chi connectivity index (χ2n) is 4.44. The van der Waals surface area contributed by atoms with Crippen LogP contribution in [0, 0.1) is 5.92 Å². The van der Waals surface area contributed by atoms with E-state index in [1.165, 1.54) is 0 Å². The Hall–Kier alpha value is 0.230. The van der Waals surface area contributed by atoms with E-state index in [0.29, 0.717) is 10.9 Å². The standard InChI is InChI=1S/C13H15Br2ClO2/c1-7-9(3-4-18-7)12(15)10-5-8(16)6-11(14)13(10)17-2/h5-7,9,12H,3-4H2,1-2H3. The number of benzene rings is 1. The van der Waals surface area contributed by atoms with Crippen LogP contribution in [0.3, 0.4) is 0 Å². The van der Waals surface area contributed by atoms with Gasteiger partial charge in [0.1, 0.15) is 5.75 Å². The Kier molecular flexibility index (Phi) is 4.98. The van der Waals surface area contributed by atoms with Gasteiger partial charge in [0.05, 0.1) is 17.7 Å². The average molecular weight is 399 g/mol. The minimum absolute atomic E-state index is 0.181. The van der Waals surface area contributed by atoms with Crippen molar-refractivity contribution in [3.8, 4) is 5.75 Å². The van der Waals surface area contributed by atoms with Crippen molar-refractivity contribution in [3.05, 3.63) is 27.2 Å². The Morgan fingerprint density at radius 1 is 1.50 bits per heavy atom. The van der Waals surface area contributed by atoms with Crippen LogP contribution in [-0.2, 0) is 4.74 Å². The van der Waals surface area contributed by atoms with E-state index in [0.717, 1.165) is 28.8 Å². The molecule has 0 N–H and O–H groups in total. The summed E-state index contributed by atoms with van der Waals surface area (Å²) in [7, 11) is 1.67. The first kappa shape index (κ1) is 14.6. The van der Waals surface area contributed by atoms with E-state index in [-0.39, 0.29) is 10.9 Å². The molecule has 5 heteroatoms. The molecule has 1 aliphatic heterocycles. The van der Waals surface area contributed by atoms with Crippen molar-refractivity contribution < 1.29 is 9.47 Å². The quantitative estimate of drug-likeness (QED) is 0.669. The first-order chi connectivity index (χ1) is 8.54. The summed E-state index contributed by atoms with van der Waals surface area (Å²) in [6.07, 6.45) is 1.29. The SMILES string of the molecule is COc1c(Br)cc(Cl)cc1C(Br)C1CCOC1C. The highest BCUT2D eigenvalue weighted by molar-refractivity contribution is 9.10. The summed E-state index contributed by atoms with van der Waals surface area (Å²) < 4.78 is 12.0. The van der Waals surface area contributed by atoms with Gasteiger partial charge in [0.25, 0.3) is 0 Å². The minimum Gasteiger partial charge on any atom is -0.495 e. The van der Waals surface area contributed by atoms with Crippen LogP contribution in [0.4, 0.5) is 0 Å². The molecule has 1 heterocycles. The fourth-order valence-electron chi connectivity index (χ4n) is 2.36. The van der Waals surface area contributed by atoms with Gasteiger partial charge in [-0.05, 0) is 41.4 Å². The summed E-state index contributed by atoms with van der Waals surface area (Å²) in [5.41, 5.74) is 1.07. The lowest BCUT2D eigenvalue weighted by Crippen LogP contribution is -2.16. The predicted octanol–water partition coefficient (Wildman–Crippen LogP) is 4.97. The van der Waals surface area contributed by atoms with Crippen molar-refractivity contribution in [1.82, 2.24) is 0 Å². The molecule has 0 aliphatic carbocycles. The lowest BCUT2D eigenvalue weighted by Gasteiger charge is -2.23. The van der Waals surface area contributed by atoms with Gasteiger partial charge in [-0.3, -0.25) is 0 Å². The van der Waals surface area contributed by atoms with Gasteiger partial charge in [0.15, 0.2) is 0 Å². The zero-order valence-electron chi connectivity index (χ0n) is 10.3. The first-order valence-corrected chi connectivity index (χ1v) is 7.92. The number of rotatable bonds is 3. The summed E-state index contributed by atoms with van der Waals surface area (Å²) >= 11 is 13.4.